The number of hydrogen-bond acceptors (Lipinski definition) is 23. The van der Waals surface area contributed by atoms with Crippen molar-refractivity contribution in [2.45, 2.75) is 173 Å². The molecule has 4 fully saturated rings. The minimum absolute atomic E-state index is 0.0284. The Morgan fingerprint density at radius 3 is 1.15 bits per heavy atom. The van der Waals surface area contributed by atoms with E-state index < -0.39 is 98.7 Å². The number of methoxy groups -OCH3 is 4. The lowest BCUT2D eigenvalue weighted by Gasteiger charge is -2.23. The lowest BCUT2D eigenvalue weighted by atomic mass is 10.1. The fraction of sp³-hybridized carbons (Fsp3) is 0.685. The van der Waals surface area contributed by atoms with Gasteiger partial charge in [-0.25, -0.2) is 50.8 Å². The molecule has 4 aliphatic rings. The van der Waals surface area contributed by atoms with Crippen LogP contribution in [0.25, 0.3) is 4.85 Å². The number of oxime groups is 1. The van der Waals surface area contributed by atoms with E-state index >= 15 is 0 Å². The molecule has 0 radical (unpaired) electrons. The van der Waals surface area contributed by atoms with Crippen molar-refractivity contribution < 1.29 is 101 Å². The molecule has 482 valence electrons. The summed E-state index contributed by atoms with van der Waals surface area (Å²) in [5, 5.41) is 37.3. The van der Waals surface area contributed by atoms with Crippen molar-refractivity contribution in [3.63, 3.8) is 0 Å². The largest absolute Gasteiger partial charge is 0.467 e. The van der Waals surface area contributed by atoms with Gasteiger partial charge in [0, 0.05) is 36.4 Å². The number of aliphatic hydroxyl groups is 1. The van der Waals surface area contributed by atoms with Gasteiger partial charge < -0.3 is 84.3 Å². The molecule has 0 heterocycles. The van der Waals surface area contributed by atoms with Crippen molar-refractivity contribution >= 4 is 94.4 Å². The van der Waals surface area contributed by atoms with E-state index in [1.807, 2.05) is 6.07 Å². The van der Waals surface area contributed by atoms with Crippen LogP contribution >= 0.6 is 28.3 Å². The molecule has 0 aromatic heterocycles. The van der Waals surface area contributed by atoms with E-state index in [0.29, 0.717) is 43.8 Å². The summed E-state index contributed by atoms with van der Waals surface area (Å²) in [6, 6.07) is 8.58. The predicted molar refractivity (Wildman–Crippen MR) is 309 cm³/mol. The van der Waals surface area contributed by atoms with E-state index in [0.717, 1.165) is 6.29 Å². The molecule has 0 spiro atoms. The summed E-state index contributed by atoms with van der Waals surface area (Å²) in [6.45, 7) is 27.8. The summed E-state index contributed by atoms with van der Waals surface area (Å²) < 4.78 is 50.1. The second-order valence-corrected chi connectivity index (χ2v) is 28.4. The van der Waals surface area contributed by atoms with Crippen LogP contribution in [0.2, 0.25) is 0 Å². The lowest BCUT2D eigenvalue weighted by Crippen LogP contribution is -2.47. The summed E-state index contributed by atoms with van der Waals surface area (Å²) in [4.78, 5) is 107. The Kier molecular flexibility index (Phi) is 30.9. The normalized spacial score (nSPS) is 23.8. The highest BCUT2D eigenvalue weighted by atomic mass is 35.9. The van der Waals surface area contributed by atoms with Gasteiger partial charge in [0.15, 0.2) is 5.54 Å². The third kappa shape index (κ3) is 26.8. The van der Waals surface area contributed by atoms with Crippen LogP contribution in [0.1, 0.15) is 128 Å². The topological polar surface area (TPSA) is 396 Å². The minimum Gasteiger partial charge on any atom is -0.467 e. The average molecular weight is 1270 g/mol. The smallest absolute Gasteiger partial charge is 0.408 e. The molecular formula is C54H86Cl2N7O21P. The van der Waals surface area contributed by atoms with Crippen LogP contribution in [-0.4, -0.2) is 162 Å². The number of amides is 4. The molecule has 5 rings (SSSR count). The summed E-state index contributed by atoms with van der Waals surface area (Å²) >= 11 is 10.8. The zero-order chi connectivity index (χ0) is 66.2. The van der Waals surface area contributed by atoms with Crippen LogP contribution in [0.15, 0.2) is 35.5 Å². The highest BCUT2D eigenvalue weighted by molar-refractivity contribution is 8.13. The first-order valence-corrected chi connectivity index (χ1v) is 29.8. The molecule has 0 bridgehead atoms. The number of alkyl carbamates (subject to hydrolysis) is 4. The van der Waals surface area contributed by atoms with Crippen molar-refractivity contribution in [1.82, 2.24) is 21.3 Å². The molecule has 28 nitrogen and oxygen atoms in total. The number of benzene rings is 1. The van der Waals surface area contributed by atoms with Crippen LogP contribution in [0.3, 0.4) is 0 Å². The SMILES string of the molecule is COC(=O)[C@@]1(NC(=O)OC(C)(C)C)C[C@H]1C/C=N/O.COC(=O)[C@@]1(NC(=O)OC(C)(C)C)C[C@H]1CC=O.COC(=O)[C@@]1(NC(=O)OC(C)(C)C)C[C@H]1CCO.NO.O=P(Cl)(Cl)c1ccccc1.[C-]#[N+]C[C@@H]1C[C@]1(NC(=O)OC(C)(C)C)C(=O)OC. The van der Waals surface area contributed by atoms with Gasteiger partial charge in [0.1, 0.15) is 45.3 Å². The van der Waals surface area contributed by atoms with Crippen LogP contribution in [-0.2, 0) is 66.4 Å². The molecule has 4 saturated carbocycles. The van der Waals surface area contributed by atoms with E-state index in [1.165, 1.54) is 34.7 Å². The molecule has 0 unspecified atom stereocenters. The number of hydrogen-bond donors (Lipinski definition) is 8. The van der Waals surface area contributed by atoms with Crippen molar-refractivity contribution in [3.05, 3.63) is 41.7 Å². The van der Waals surface area contributed by atoms with Gasteiger partial charge >= 0.3 is 48.3 Å². The van der Waals surface area contributed by atoms with E-state index in [2.05, 4.69) is 46.6 Å². The maximum absolute atomic E-state index is 11.8. The molecule has 4 aliphatic carbocycles. The molecular weight excluding hydrogens is 1180 g/mol. The molecule has 85 heavy (non-hydrogen) atoms. The number of halogens is 2. The molecule has 0 aliphatic heterocycles. The van der Waals surface area contributed by atoms with Crippen molar-refractivity contribution in [1.29, 1.82) is 0 Å². The Hall–Kier alpha value is -6.50. The van der Waals surface area contributed by atoms with Crippen LogP contribution in [0.5, 0.6) is 0 Å². The summed E-state index contributed by atoms with van der Waals surface area (Å²) in [7, 11) is 5.04. The monoisotopic (exact) mass is 1270 g/mol. The quantitative estimate of drug-likeness (QED) is 0.0123. The van der Waals surface area contributed by atoms with Gasteiger partial charge in [0.25, 0.3) is 5.85 Å². The molecule has 0 saturated heterocycles. The third-order valence-corrected chi connectivity index (χ3v) is 14.3. The molecule has 9 N–H and O–H groups in total. The van der Waals surface area contributed by atoms with Gasteiger partial charge in [-0.05, 0) is 162 Å². The van der Waals surface area contributed by atoms with Gasteiger partial charge in [-0.2, -0.15) is 0 Å². The van der Waals surface area contributed by atoms with Crippen molar-refractivity contribution in [2.75, 3.05) is 41.6 Å². The van der Waals surface area contributed by atoms with E-state index in [4.69, 9.17) is 73.0 Å². The number of carbonyl (C=O) groups excluding carboxylic acids is 9. The zero-order valence-electron chi connectivity index (χ0n) is 51.1. The highest BCUT2D eigenvalue weighted by Gasteiger charge is 2.66. The Morgan fingerprint density at radius 1 is 0.600 bits per heavy atom. The fourth-order valence-corrected chi connectivity index (χ4v) is 9.30. The Labute approximate surface area is 505 Å². The molecule has 1 aromatic carbocycles. The summed E-state index contributed by atoms with van der Waals surface area (Å²) in [5.74, 6) is -2.31. The molecule has 8 atom stereocenters. The number of ether oxygens (including phenoxy) is 8. The first-order chi connectivity index (χ1) is 39.1. The van der Waals surface area contributed by atoms with Gasteiger partial charge in [-0.15, -0.1) is 5.16 Å². The van der Waals surface area contributed by atoms with Crippen LogP contribution in [0, 0.1) is 30.2 Å². The van der Waals surface area contributed by atoms with Crippen molar-refractivity contribution in [2.24, 2.45) is 34.7 Å². The van der Waals surface area contributed by atoms with E-state index in [1.54, 1.807) is 107 Å². The molecule has 31 heteroatoms. The van der Waals surface area contributed by atoms with Gasteiger partial charge in [-0.3, -0.25) is 4.57 Å². The van der Waals surface area contributed by atoms with E-state index in [9.17, 15) is 47.7 Å². The second-order valence-electron chi connectivity index (χ2n) is 23.6. The lowest BCUT2D eigenvalue weighted by molar-refractivity contribution is -0.145. The summed E-state index contributed by atoms with van der Waals surface area (Å²) in [6.07, 6.45) is 2.12. The maximum Gasteiger partial charge on any atom is 0.408 e. The number of carbonyl (C=O) groups is 9. The Morgan fingerprint density at radius 2 is 0.894 bits per heavy atom. The number of nitrogens with one attached hydrogen (secondary N) is 4. The number of nitrogens with two attached hydrogens (primary N) is 1. The predicted octanol–water partition coefficient (Wildman–Crippen LogP) is 6.83. The fourth-order valence-electron chi connectivity index (χ4n) is 8.10. The molecule has 1 aromatic rings. The van der Waals surface area contributed by atoms with Gasteiger partial charge in [0.2, 0.25) is 6.54 Å². The average Bonchev–Trinajstić information content (AvgIpc) is 1.97. The highest BCUT2D eigenvalue weighted by Crippen LogP contribution is 2.55. The Balaban J connectivity index is 0.00000104. The maximum atomic E-state index is 11.8. The number of rotatable bonds is 16. The standard InChI is InChI=1S/C12H20N2O5.C12H18N2O4.C12H21NO5.C12H19NO5.C6H5Cl2OP.H3NO/c1-11(2,3)19-10(16)14-12(9(15)18-4)7-8(12)5-6-13-17;1-11(2,3)18-10(16)14-12(9(15)17-5)6-8(12)7-13-4;2*1-11(2,3)18-10(16)13-12(9(15)17-4)7-8(12)5-6-14;7-10(8,9)6-4-2-1-3-5-6;1-2/h6,8,17H,5,7H2,1-4H3,(H,14,16);8H,6-7H2,1-3,5H3,(H,14,16);8,14H,5-7H2,1-4H3,(H,13,16);6,8H,5,7H2,1-4H3,(H,13,16);1-5H;2H,1H2/b13-6+;;;;;/t8-,12-;8-,12+;2*8-,12-;;/m1011../s1. The zero-order valence-corrected chi connectivity index (χ0v) is 53.5. The van der Waals surface area contributed by atoms with Crippen LogP contribution in [0.4, 0.5) is 19.2 Å². The first kappa shape index (κ1) is 78.5. The third-order valence-electron chi connectivity index (χ3n) is 12.2. The second kappa shape index (κ2) is 33.4. The number of aldehydes is 1. The molecule has 4 amide bonds. The number of esters is 4. The summed E-state index contributed by atoms with van der Waals surface area (Å²) in [5.41, 5.74) is -6.82. The van der Waals surface area contributed by atoms with E-state index in [-0.39, 0.29) is 43.2 Å². The minimum atomic E-state index is -3.07. The van der Waals surface area contributed by atoms with Gasteiger partial charge in [0.05, 0.1) is 34.4 Å². The van der Waals surface area contributed by atoms with Crippen LogP contribution < -0.4 is 32.5 Å². The number of aliphatic hydroxyl groups excluding tert-OH is 1. The number of nitrogens with zero attached hydrogens (tertiary/aromatic N) is 2. The first-order valence-electron chi connectivity index (χ1n) is 26.3. The van der Waals surface area contributed by atoms with Gasteiger partial charge in [-0.1, -0.05) is 18.2 Å². The Bertz CT molecular complexity index is 2540. The van der Waals surface area contributed by atoms with Crippen molar-refractivity contribution in [3.8, 4) is 0 Å².